The van der Waals surface area contributed by atoms with E-state index in [1.54, 1.807) is 30.3 Å². The van der Waals surface area contributed by atoms with Gasteiger partial charge in [0.15, 0.2) is 11.5 Å². The van der Waals surface area contributed by atoms with E-state index in [2.05, 4.69) is 5.32 Å². The maximum atomic E-state index is 11.5. The number of aliphatic carboxylic acids is 2. The fourth-order valence-corrected chi connectivity index (χ4v) is 3.88. The van der Waals surface area contributed by atoms with Gasteiger partial charge in [-0.25, -0.2) is 9.59 Å². The van der Waals surface area contributed by atoms with Gasteiger partial charge < -0.3 is 30.1 Å². The van der Waals surface area contributed by atoms with Crippen molar-refractivity contribution in [1.82, 2.24) is 5.32 Å². The van der Waals surface area contributed by atoms with Gasteiger partial charge in [-0.05, 0) is 42.2 Å². The zero-order valence-electron chi connectivity index (χ0n) is 15.1. The van der Waals surface area contributed by atoms with Crippen LogP contribution in [0.3, 0.4) is 0 Å². The average molecular weight is 468 g/mol. The second-order valence-corrected chi connectivity index (χ2v) is 7.48. The van der Waals surface area contributed by atoms with Crippen molar-refractivity contribution in [2.45, 2.75) is 30.8 Å². The Labute approximate surface area is 227 Å². The zero-order chi connectivity index (χ0) is 20.8. The van der Waals surface area contributed by atoms with E-state index in [0.717, 1.165) is 5.56 Å². The summed E-state index contributed by atoms with van der Waals surface area (Å²) in [5, 5.41) is 32.8. The van der Waals surface area contributed by atoms with Gasteiger partial charge >= 0.3 is 76.8 Å². The SMILES string of the molecule is O=C(O)C1(C(=O)O)Oc2ccc3c(c2O1)CC(NCC(O)c1cccc(Cl)c1)C3.[NaH].[NaH]. The predicted octanol–water partition coefficient (Wildman–Crippen LogP) is 0.470. The number of carbonyl (C=O) groups is 2. The molecule has 1 heterocycles. The van der Waals surface area contributed by atoms with Gasteiger partial charge in [0.25, 0.3) is 0 Å². The van der Waals surface area contributed by atoms with Crippen LogP contribution in [0.2, 0.25) is 5.02 Å². The predicted molar refractivity (Wildman–Crippen MR) is 116 cm³/mol. The Hall–Kier alpha value is -0.810. The van der Waals surface area contributed by atoms with E-state index >= 15 is 0 Å². The van der Waals surface area contributed by atoms with Gasteiger partial charge in [0.1, 0.15) is 0 Å². The first-order valence-electron chi connectivity index (χ1n) is 8.96. The van der Waals surface area contributed by atoms with E-state index in [1.165, 1.54) is 6.07 Å². The van der Waals surface area contributed by atoms with Crippen molar-refractivity contribution < 1.29 is 34.4 Å². The van der Waals surface area contributed by atoms with Crippen molar-refractivity contribution in [3.8, 4) is 11.5 Å². The monoisotopic (exact) mass is 467 g/mol. The molecular weight excluding hydrogens is 448 g/mol. The number of benzene rings is 2. The van der Waals surface area contributed by atoms with Crippen molar-refractivity contribution in [3.63, 3.8) is 0 Å². The van der Waals surface area contributed by atoms with Crippen molar-refractivity contribution in [3.05, 3.63) is 58.1 Å². The molecule has 2 atom stereocenters. The normalized spacial score (nSPS) is 18.3. The summed E-state index contributed by atoms with van der Waals surface area (Å²) >= 11 is 5.96. The molecule has 31 heavy (non-hydrogen) atoms. The summed E-state index contributed by atoms with van der Waals surface area (Å²) in [4.78, 5) is 22.9. The standard InChI is InChI=1S/C20H18ClNO7.2Na.2H/c21-12-3-1-2-11(6-12)15(23)9-22-13-7-10-4-5-16-17(14(10)8-13)29-20(28-16,18(24)25)19(26)27;;;;/h1-6,13,15,22-23H,7-9H2,(H,24,25)(H,26,27);;;;. The number of hydrogen-bond acceptors (Lipinski definition) is 6. The molecule has 0 amide bonds. The Morgan fingerprint density at radius 1 is 1.13 bits per heavy atom. The molecule has 2 aromatic carbocycles. The third-order valence-electron chi connectivity index (χ3n) is 5.13. The van der Waals surface area contributed by atoms with E-state index in [9.17, 15) is 24.9 Å². The molecule has 2 unspecified atom stereocenters. The molecule has 2 aromatic rings. The summed E-state index contributed by atoms with van der Waals surface area (Å²) in [6.07, 6.45) is 0.371. The van der Waals surface area contributed by atoms with Crippen LogP contribution in [0, 0.1) is 0 Å². The second kappa shape index (κ2) is 10.4. The molecule has 1 aliphatic carbocycles. The van der Waals surface area contributed by atoms with Crippen molar-refractivity contribution in [2.24, 2.45) is 0 Å². The molecule has 4 rings (SSSR count). The second-order valence-electron chi connectivity index (χ2n) is 7.05. The first-order valence-corrected chi connectivity index (χ1v) is 9.34. The fraction of sp³-hybridized carbons (Fsp3) is 0.300. The van der Waals surface area contributed by atoms with Crippen molar-refractivity contribution >= 4 is 82.7 Å². The Bertz CT molecular complexity index is 989. The van der Waals surface area contributed by atoms with Crippen LogP contribution in [0.1, 0.15) is 22.8 Å². The van der Waals surface area contributed by atoms with Crippen molar-refractivity contribution in [2.75, 3.05) is 6.54 Å². The Kier molecular flexibility index (Phi) is 8.89. The molecule has 1 aliphatic heterocycles. The van der Waals surface area contributed by atoms with Crippen LogP contribution in [0.15, 0.2) is 36.4 Å². The van der Waals surface area contributed by atoms with Crippen LogP contribution in [-0.4, -0.2) is 105 Å². The summed E-state index contributed by atoms with van der Waals surface area (Å²) in [5.74, 6) is -5.99. The Morgan fingerprint density at radius 3 is 2.48 bits per heavy atom. The van der Waals surface area contributed by atoms with E-state index in [0.29, 0.717) is 35.5 Å². The first kappa shape index (κ1) is 26.4. The van der Waals surface area contributed by atoms with Crippen LogP contribution >= 0.6 is 11.6 Å². The summed E-state index contributed by atoms with van der Waals surface area (Å²) < 4.78 is 10.5. The quantitative estimate of drug-likeness (QED) is 0.357. The maximum absolute atomic E-state index is 11.5. The first-order chi connectivity index (χ1) is 13.8. The number of ether oxygens (including phenoxy) is 2. The molecule has 0 radical (unpaired) electrons. The molecule has 0 spiro atoms. The number of carboxylic acids is 2. The molecular formula is C20H20ClNNa2O7. The molecule has 8 nitrogen and oxygen atoms in total. The molecule has 156 valence electrons. The number of nitrogens with one attached hydrogen (secondary N) is 1. The number of fused-ring (bicyclic) bond motifs is 3. The summed E-state index contributed by atoms with van der Waals surface area (Å²) in [6, 6.07) is 10.2. The third-order valence-corrected chi connectivity index (χ3v) is 5.37. The summed E-state index contributed by atoms with van der Waals surface area (Å²) in [6.45, 7) is 0.298. The van der Waals surface area contributed by atoms with E-state index < -0.39 is 23.8 Å². The van der Waals surface area contributed by atoms with E-state index in [-0.39, 0.29) is 76.7 Å². The number of carboxylic acid groups (broad SMARTS) is 2. The van der Waals surface area contributed by atoms with E-state index in [4.69, 9.17) is 21.1 Å². The van der Waals surface area contributed by atoms with Gasteiger partial charge in [-0.2, -0.15) is 0 Å². The van der Waals surface area contributed by atoms with Crippen LogP contribution in [0.4, 0.5) is 0 Å². The van der Waals surface area contributed by atoms with Gasteiger partial charge in [0, 0.05) is 23.2 Å². The minimum atomic E-state index is -2.77. The minimum absolute atomic E-state index is 0. The average Bonchev–Trinajstić information content (AvgIpc) is 3.27. The zero-order valence-corrected chi connectivity index (χ0v) is 15.8. The van der Waals surface area contributed by atoms with Gasteiger partial charge in [-0.15, -0.1) is 0 Å². The van der Waals surface area contributed by atoms with Gasteiger partial charge in [0.05, 0.1) is 6.10 Å². The Balaban J connectivity index is 0.00000171. The molecule has 4 N–H and O–H groups in total. The molecule has 0 fully saturated rings. The molecule has 0 bridgehead atoms. The fourth-order valence-electron chi connectivity index (χ4n) is 3.68. The number of aliphatic hydroxyl groups is 1. The van der Waals surface area contributed by atoms with Crippen LogP contribution in [0.5, 0.6) is 11.5 Å². The topological polar surface area (TPSA) is 125 Å². The van der Waals surface area contributed by atoms with Crippen LogP contribution < -0.4 is 14.8 Å². The number of aliphatic hydroxyl groups excluding tert-OH is 1. The molecule has 0 aromatic heterocycles. The summed E-state index contributed by atoms with van der Waals surface area (Å²) in [7, 11) is 0. The number of halogens is 1. The van der Waals surface area contributed by atoms with Crippen molar-refractivity contribution in [1.29, 1.82) is 0 Å². The van der Waals surface area contributed by atoms with Crippen LogP contribution in [-0.2, 0) is 22.4 Å². The molecule has 2 aliphatic rings. The molecule has 11 heteroatoms. The van der Waals surface area contributed by atoms with Gasteiger partial charge in [-0.1, -0.05) is 29.8 Å². The summed E-state index contributed by atoms with van der Waals surface area (Å²) in [5.41, 5.74) is 2.32. The molecule has 0 saturated carbocycles. The number of hydrogen-bond donors (Lipinski definition) is 4. The third kappa shape index (κ3) is 5.08. The molecule has 0 saturated heterocycles. The van der Waals surface area contributed by atoms with Gasteiger partial charge in [-0.3, -0.25) is 0 Å². The van der Waals surface area contributed by atoms with E-state index in [1.807, 2.05) is 0 Å². The Morgan fingerprint density at radius 2 is 1.84 bits per heavy atom. The number of rotatable bonds is 6. The van der Waals surface area contributed by atoms with Crippen LogP contribution in [0.25, 0.3) is 0 Å². The van der Waals surface area contributed by atoms with Gasteiger partial charge in [0.2, 0.25) is 0 Å².